The van der Waals surface area contributed by atoms with Crippen LogP contribution in [-0.2, 0) is 12.8 Å². The summed E-state index contributed by atoms with van der Waals surface area (Å²) in [4.78, 5) is 1.48. The second kappa shape index (κ2) is 5.13. The van der Waals surface area contributed by atoms with Crippen molar-refractivity contribution in [2.45, 2.75) is 26.2 Å². The Labute approximate surface area is 95.6 Å². The van der Waals surface area contributed by atoms with E-state index in [2.05, 4.69) is 48.7 Å². The molecule has 0 radical (unpaired) electrons. The predicted octanol–water partition coefficient (Wildman–Crippen LogP) is 4.29. The fourth-order valence-corrected chi connectivity index (χ4v) is 2.69. The van der Waals surface area contributed by atoms with Gasteiger partial charge in [0.2, 0.25) is 0 Å². The van der Waals surface area contributed by atoms with Crippen molar-refractivity contribution in [2.24, 2.45) is 0 Å². The highest BCUT2D eigenvalue weighted by Gasteiger charge is 2.00. The topological polar surface area (TPSA) is 0 Å². The molecule has 0 bridgehead atoms. The number of hydrogen-bond donors (Lipinski definition) is 0. The monoisotopic (exact) mass is 216 g/mol. The van der Waals surface area contributed by atoms with Crippen LogP contribution in [0.4, 0.5) is 0 Å². The zero-order valence-electron chi connectivity index (χ0n) is 9.07. The van der Waals surface area contributed by atoms with Crippen molar-refractivity contribution in [1.29, 1.82) is 0 Å². The molecule has 1 heterocycles. The van der Waals surface area contributed by atoms with Gasteiger partial charge in [0.25, 0.3) is 0 Å². The molecule has 0 saturated heterocycles. The highest BCUT2D eigenvalue weighted by molar-refractivity contribution is 7.10. The lowest BCUT2D eigenvalue weighted by molar-refractivity contribution is 0.925. The van der Waals surface area contributed by atoms with E-state index in [0.717, 1.165) is 6.42 Å². The zero-order valence-corrected chi connectivity index (χ0v) is 9.89. The van der Waals surface area contributed by atoms with Crippen LogP contribution >= 0.6 is 11.3 Å². The Morgan fingerprint density at radius 3 is 2.60 bits per heavy atom. The van der Waals surface area contributed by atoms with E-state index in [-0.39, 0.29) is 0 Å². The smallest absolute Gasteiger partial charge is 0.00918 e. The van der Waals surface area contributed by atoms with E-state index in [1.54, 1.807) is 0 Å². The summed E-state index contributed by atoms with van der Waals surface area (Å²) in [5.74, 6) is 0. The number of benzene rings is 1. The van der Waals surface area contributed by atoms with Crippen LogP contribution in [0.15, 0.2) is 41.8 Å². The molecule has 0 unspecified atom stereocenters. The van der Waals surface area contributed by atoms with Crippen LogP contribution in [-0.4, -0.2) is 0 Å². The molecule has 15 heavy (non-hydrogen) atoms. The quantitative estimate of drug-likeness (QED) is 0.715. The maximum atomic E-state index is 2.35. The number of hydrogen-bond acceptors (Lipinski definition) is 1. The van der Waals surface area contributed by atoms with Crippen molar-refractivity contribution >= 4 is 11.3 Å². The molecule has 0 aliphatic rings. The van der Waals surface area contributed by atoms with Crippen LogP contribution in [0.3, 0.4) is 0 Å². The zero-order chi connectivity index (χ0) is 10.5. The van der Waals surface area contributed by atoms with Gasteiger partial charge in [-0.3, -0.25) is 0 Å². The van der Waals surface area contributed by atoms with Gasteiger partial charge in [-0.1, -0.05) is 43.7 Å². The van der Waals surface area contributed by atoms with Crippen LogP contribution in [0.2, 0.25) is 0 Å². The summed E-state index contributed by atoms with van der Waals surface area (Å²) in [5.41, 5.74) is 2.90. The molecule has 0 aliphatic heterocycles. The predicted molar refractivity (Wildman–Crippen MR) is 67.6 cm³/mol. The van der Waals surface area contributed by atoms with E-state index in [0.29, 0.717) is 0 Å². The first kappa shape index (κ1) is 10.4. The van der Waals surface area contributed by atoms with Crippen molar-refractivity contribution < 1.29 is 0 Å². The van der Waals surface area contributed by atoms with Gasteiger partial charge in [-0.15, -0.1) is 11.3 Å². The average molecular weight is 216 g/mol. The molecule has 2 rings (SSSR count). The van der Waals surface area contributed by atoms with E-state index in [1.165, 1.54) is 28.8 Å². The minimum Gasteiger partial charge on any atom is -0.148 e. The number of rotatable bonds is 4. The molecule has 0 saturated carbocycles. The normalized spacial score (nSPS) is 10.5. The summed E-state index contributed by atoms with van der Waals surface area (Å²) in [7, 11) is 0. The summed E-state index contributed by atoms with van der Waals surface area (Å²) in [6.45, 7) is 2.23. The Morgan fingerprint density at radius 1 is 1.07 bits per heavy atom. The van der Waals surface area contributed by atoms with Gasteiger partial charge in [-0.2, -0.15) is 0 Å². The molecule has 2 aromatic rings. The highest BCUT2D eigenvalue weighted by atomic mass is 32.1. The van der Waals surface area contributed by atoms with Crippen LogP contribution in [0.1, 0.15) is 29.3 Å². The lowest BCUT2D eigenvalue weighted by atomic mass is 10.1. The second-order valence-electron chi connectivity index (χ2n) is 3.83. The Balaban J connectivity index is 2.05. The molecule has 0 spiro atoms. The van der Waals surface area contributed by atoms with E-state index >= 15 is 0 Å². The first-order chi connectivity index (χ1) is 7.38. The lowest BCUT2D eigenvalue weighted by Gasteiger charge is -1.96. The highest BCUT2D eigenvalue weighted by Crippen LogP contribution is 2.19. The van der Waals surface area contributed by atoms with Crippen molar-refractivity contribution in [3.05, 3.63) is 57.8 Å². The number of thiophene rings is 1. The Hall–Kier alpha value is -1.08. The van der Waals surface area contributed by atoms with E-state index in [1.807, 2.05) is 11.3 Å². The summed E-state index contributed by atoms with van der Waals surface area (Å²) < 4.78 is 0. The average Bonchev–Trinajstić information content (AvgIpc) is 2.68. The Bertz CT molecular complexity index is 400. The van der Waals surface area contributed by atoms with Crippen molar-refractivity contribution in [1.82, 2.24) is 0 Å². The molecule has 1 aromatic heterocycles. The summed E-state index contributed by atoms with van der Waals surface area (Å²) >= 11 is 1.88. The Kier molecular flexibility index (Phi) is 3.57. The first-order valence-electron chi connectivity index (χ1n) is 5.48. The Morgan fingerprint density at radius 2 is 1.87 bits per heavy atom. The van der Waals surface area contributed by atoms with Crippen molar-refractivity contribution in [3.63, 3.8) is 0 Å². The van der Waals surface area contributed by atoms with Crippen molar-refractivity contribution in [3.8, 4) is 0 Å². The third-order valence-electron chi connectivity index (χ3n) is 2.47. The van der Waals surface area contributed by atoms with Gasteiger partial charge in [0.05, 0.1) is 0 Å². The van der Waals surface area contributed by atoms with E-state index in [4.69, 9.17) is 0 Å². The van der Waals surface area contributed by atoms with Gasteiger partial charge in [0.15, 0.2) is 0 Å². The minimum absolute atomic E-state index is 1.08. The molecule has 0 nitrogen and oxygen atoms in total. The van der Waals surface area contributed by atoms with Gasteiger partial charge in [-0.05, 0) is 29.0 Å². The molecule has 0 atom stereocenters. The summed E-state index contributed by atoms with van der Waals surface area (Å²) in [6, 6.07) is 13.0. The van der Waals surface area contributed by atoms with Crippen molar-refractivity contribution in [2.75, 3.05) is 0 Å². The van der Waals surface area contributed by atoms with Crippen LogP contribution in [0.25, 0.3) is 0 Å². The molecule has 0 amide bonds. The van der Waals surface area contributed by atoms with E-state index in [9.17, 15) is 0 Å². The standard InChI is InChI=1S/C14H16S/c1-2-6-13-10-14(15-11-13)9-12-7-4-3-5-8-12/h3-5,7-8,10-11H,2,6,9H2,1H3. The maximum absolute atomic E-state index is 2.35. The van der Waals surface area contributed by atoms with Crippen LogP contribution in [0, 0.1) is 0 Å². The third-order valence-corrected chi connectivity index (χ3v) is 3.45. The molecular formula is C14H16S. The molecule has 1 aromatic carbocycles. The molecule has 1 heteroatoms. The number of aryl methyl sites for hydroxylation is 1. The molecule has 0 aliphatic carbocycles. The van der Waals surface area contributed by atoms with Gasteiger partial charge in [-0.25, -0.2) is 0 Å². The summed E-state index contributed by atoms with van der Waals surface area (Å²) in [6.07, 6.45) is 3.53. The summed E-state index contributed by atoms with van der Waals surface area (Å²) in [5, 5.41) is 2.29. The van der Waals surface area contributed by atoms with Gasteiger partial charge in [0.1, 0.15) is 0 Å². The van der Waals surface area contributed by atoms with Gasteiger partial charge >= 0.3 is 0 Å². The second-order valence-corrected chi connectivity index (χ2v) is 4.83. The molecular weight excluding hydrogens is 200 g/mol. The van der Waals surface area contributed by atoms with Gasteiger partial charge < -0.3 is 0 Å². The third kappa shape index (κ3) is 2.93. The maximum Gasteiger partial charge on any atom is 0.00918 e. The largest absolute Gasteiger partial charge is 0.148 e. The molecule has 0 fully saturated rings. The van der Waals surface area contributed by atoms with Gasteiger partial charge in [0, 0.05) is 11.3 Å². The molecule has 0 N–H and O–H groups in total. The fraction of sp³-hybridized carbons (Fsp3) is 0.286. The lowest BCUT2D eigenvalue weighted by Crippen LogP contribution is -1.83. The fourth-order valence-electron chi connectivity index (χ4n) is 1.74. The molecule has 78 valence electrons. The minimum atomic E-state index is 1.08. The SMILES string of the molecule is CCCc1csc(Cc2ccccc2)c1. The van der Waals surface area contributed by atoms with E-state index < -0.39 is 0 Å². The van der Waals surface area contributed by atoms with Crippen LogP contribution in [0.5, 0.6) is 0 Å². The van der Waals surface area contributed by atoms with Crippen LogP contribution < -0.4 is 0 Å². The first-order valence-corrected chi connectivity index (χ1v) is 6.36.